The molecule has 4 rings (SSSR count). The summed E-state index contributed by atoms with van der Waals surface area (Å²) in [4.78, 5) is 22.5. The first kappa shape index (κ1) is 15.8. The molecule has 1 N–H and O–H groups in total. The van der Waals surface area contributed by atoms with Gasteiger partial charge in [0.15, 0.2) is 0 Å². The second-order valence-electron chi connectivity index (χ2n) is 6.62. The molecule has 0 radical (unpaired) electrons. The molecule has 0 aliphatic heterocycles. The summed E-state index contributed by atoms with van der Waals surface area (Å²) in [5.41, 5.74) is 3.17. The summed E-state index contributed by atoms with van der Waals surface area (Å²) in [5, 5.41) is 3.97. The highest BCUT2D eigenvalue weighted by Gasteiger charge is 2.25. The molecule has 6 nitrogen and oxygen atoms in total. The number of likely N-dealkylation sites (N-methyl/N-ethyl adjacent to an activating group) is 1. The second kappa shape index (κ2) is 6.29. The smallest absolute Gasteiger partial charge is 0.275 e. The standard InChI is InChI=1S/C19H20N4O2/c1-23(2)13-4-6-18-15(10-13)14-9-12(3-5-17(14)25-18)22-19(24)16-11-20-7-8-21-16/h3,5,7-9,11,13H,4,6,10H2,1-2H3,(H,22,24). The van der Waals surface area contributed by atoms with Gasteiger partial charge in [0.2, 0.25) is 0 Å². The van der Waals surface area contributed by atoms with Crippen LogP contribution in [0.3, 0.4) is 0 Å². The van der Waals surface area contributed by atoms with Crippen molar-refractivity contribution in [3.05, 3.63) is 53.8 Å². The maximum absolute atomic E-state index is 12.3. The molecule has 1 atom stereocenters. The van der Waals surface area contributed by atoms with Gasteiger partial charge in [0.25, 0.3) is 5.91 Å². The fraction of sp³-hybridized carbons (Fsp3) is 0.316. The number of rotatable bonds is 3. The first-order valence-electron chi connectivity index (χ1n) is 8.40. The van der Waals surface area contributed by atoms with Crippen LogP contribution in [0.25, 0.3) is 11.0 Å². The van der Waals surface area contributed by atoms with Crippen LogP contribution in [-0.2, 0) is 12.8 Å². The van der Waals surface area contributed by atoms with Gasteiger partial charge in [0.1, 0.15) is 17.0 Å². The van der Waals surface area contributed by atoms with Gasteiger partial charge in [-0.15, -0.1) is 0 Å². The fourth-order valence-electron chi connectivity index (χ4n) is 3.39. The van der Waals surface area contributed by atoms with E-state index in [9.17, 15) is 4.79 Å². The Morgan fingerprint density at radius 2 is 2.20 bits per heavy atom. The maximum Gasteiger partial charge on any atom is 0.275 e. The molecule has 1 aliphatic carbocycles. The Morgan fingerprint density at radius 3 is 2.96 bits per heavy atom. The van der Waals surface area contributed by atoms with Crippen molar-refractivity contribution in [2.45, 2.75) is 25.3 Å². The summed E-state index contributed by atoms with van der Waals surface area (Å²) in [5.74, 6) is 0.807. The van der Waals surface area contributed by atoms with Gasteiger partial charge in [-0.05, 0) is 45.1 Å². The number of hydrogen-bond acceptors (Lipinski definition) is 5. The van der Waals surface area contributed by atoms with E-state index in [-0.39, 0.29) is 5.91 Å². The highest BCUT2D eigenvalue weighted by Crippen LogP contribution is 2.34. The Morgan fingerprint density at radius 1 is 1.32 bits per heavy atom. The molecule has 6 heteroatoms. The van der Waals surface area contributed by atoms with Crippen molar-refractivity contribution in [1.82, 2.24) is 14.9 Å². The molecule has 1 aliphatic rings. The van der Waals surface area contributed by atoms with Gasteiger partial charge in [-0.25, -0.2) is 4.98 Å². The van der Waals surface area contributed by atoms with Crippen LogP contribution < -0.4 is 5.32 Å². The predicted octanol–water partition coefficient (Wildman–Crippen LogP) is 2.89. The van der Waals surface area contributed by atoms with E-state index in [2.05, 4.69) is 34.3 Å². The molecule has 1 aromatic carbocycles. The third-order valence-electron chi connectivity index (χ3n) is 4.80. The zero-order valence-corrected chi connectivity index (χ0v) is 14.3. The Kier molecular flexibility index (Phi) is 3.97. The molecule has 0 saturated carbocycles. The van der Waals surface area contributed by atoms with Crippen LogP contribution in [0, 0.1) is 0 Å². The normalized spacial score (nSPS) is 16.8. The van der Waals surface area contributed by atoms with Crippen LogP contribution in [0.4, 0.5) is 5.69 Å². The molecular formula is C19H20N4O2. The van der Waals surface area contributed by atoms with E-state index in [0.29, 0.717) is 11.7 Å². The van der Waals surface area contributed by atoms with Crippen LogP contribution in [0.2, 0.25) is 0 Å². The number of aromatic nitrogens is 2. The van der Waals surface area contributed by atoms with Crippen molar-refractivity contribution in [3.63, 3.8) is 0 Å². The van der Waals surface area contributed by atoms with Crippen molar-refractivity contribution in [2.24, 2.45) is 0 Å². The number of aryl methyl sites for hydroxylation is 1. The molecule has 2 heterocycles. The maximum atomic E-state index is 12.3. The highest BCUT2D eigenvalue weighted by molar-refractivity contribution is 6.03. The molecule has 3 aromatic rings. The molecule has 0 saturated heterocycles. The number of benzene rings is 1. The number of carbonyl (C=O) groups excluding carboxylic acids is 1. The zero-order valence-electron chi connectivity index (χ0n) is 14.3. The summed E-state index contributed by atoms with van der Waals surface area (Å²) >= 11 is 0. The second-order valence-corrected chi connectivity index (χ2v) is 6.62. The van der Waals surface area contributed by atoms with E-state index in [1.807, 2.05) is 18.2 Å². The number of furan rings is 1. The van der Waals surface area contributed by atoms with Gasteiger partial charge in [-0.2, -0.15) is 0 Å². The van der Waals surface area contributed by atoms with Gasteiger partial charge in [0, 0.05) is 41.5 Å². The van der Waals surface area contributed by atoms with Crippen molar-refractivity contribution < 1.29 is 9.21 Å². The lowest BCUT2D eigenvalue weighted by atomic mass is 9.91. The van der Waals surface area contributed by atoms with E-state index in [0.717, 1.165) is 41.7 Å². The van der Waals surface area contributed by atoms with Crippen molar-refractivity contribution in [1.29, 1.82) is 0 Å². The van der Waals surface area contributed by atoms with E-state index < -0.39 is 0 Å². The number of nitrogens with one attached hydrogen (secondary N) is 1. The lowest BCUT2D eigenvalue weighted by Crippen LogP contribution is -2.33. The van der Waals surface area contributed by atoms with Crippen LogP contribution in [0.1, 0.15) is 28.2 Å². The summed E-state index contributed by atoms with van der Waals surface area (Å²) < 4.78 is 6.01. The SMILES string of the molecule is CN(C)C1CCc2oc3ccc(NC(=O)c4cnccn4)cc3c2C1. The van der Waals surface area contributed by atoms with Crippen molar-refractivity contribution in [3.8, 4) is 0 Å². The third-order valence-corrected chi connectivity index (χ3v) is 4.80. The summed E-state index contributed by atoms with van der Waals surface area (Å²) in [6.45, 7) is 0. The topological polar surface area (TPSA) is 71.3 Å². The number of hydrogen-bond donors (Lipinski definition) is 1. The van der Waals surface area contributed by atoms with Crippen LogP contribution in [0.15, 0.2) is 41.2 Å². The number of nitrogens with zero attached hydrogens (tertiary/aromatic N) is 3. The number of amides is 1. The molecular weight excluding hydrogens is 316 g/mol. The monoisotopic (exact) mass is 336 g/mol. The molecule has 0 spiro atoms. The number of carbonyl (C=O) groups is 1. The van der Waals surface area contributed by atoms with E-state index in [1.54, 1.807) is 6.20 Å². The zero-order chi connectivity index (χ0) is 17.4. The van der Waals surface area contributed by atoms with Gasteiger partial charge < -0.3 is 14.6 Å². The molecule has 2 aromatic heterocycles. The van der Waals surface area contributed by atoms with Gasteiger partial charge in [0.05, 0.1) is 6.20 Å². The third kappa shape index (κ3) is 3.00. The van der Waals surface area contributed by atoms with Crippen LogP contribution in [-0.4, -0.2) is 40.9 Å². The molecule has 25 heavy (non-hydrogen) atoms. The quantitative estimate of drug-likeness (QED) is 0.796. The highest BCUT2D eigenvalue weighted by atomic mass is 16.3. The summed E-state index contributed by atoms with van der Waals surface area (Å²) in [6, 6.07) is 6.29. The summed E-state index contributed by atoms with van der Waals surface area (Å²) in [7, 11) is 4.23. The lowest BCUT2D eigenvalue weighted by molar-refractivity contribution is 0.102. The Balaban J connectivity index is 1.64. The van der Waals surface area contributed by atoms with E-state index in [4.69, 9.17) is 4.42 Å². The van der Waals surface area contributed by atoms with Crippen LogP contribution >= 0.6 is 0 Å². The minimum atomic E-state index is -0.268. The van der Waals surface area contributed by atoms with Crippen molar-refractivity contribution >= 4 is 22.6 Å². The molecule has 1 unspecified atom stereocenters. The first-order valence-corrected chi connectivity index (χ1v) is 8.40. The Bertz CT molecular complexity index is 918. The molecule has 0 bridgehead atoms. The average Bonchev–Trinajstić information content (AvgIpc) is 2.99. The fourth-order valence-corrected chi connectivity index (χ4v) is 3.39. The number of fused-ring (bicyclic) bond motifs is 3. The largest absolute Gasteiger partial charge is 0.461 e. The predicted molar refractivity (Wildman–Crippen MR) is 95.7 cm³/mol. The van der Waals surface area contributed by atoms with E-state index in [1.165, 1.54) is 18.0 Å². The van der Waals surface area contributed by atoms with Gasteiger partial charge in [-0.1, -0.05) is 0 Å². The van der Waals surface area contributed by atoms with Crippen LogP contribution in [0.5, 0.6) is 0 Å². The van der Waals surface area contributed by atoms with Gasteiger partial charge >= 0.3 is 0 Å². The summed E-state index contributed by atoms with van der Waals surface area (Å²) in [6.07, 6.45) is 7.53. The minimum Gasteiger partial charge on any atom is -0.461 e. The Hall–Kier alpha value is -2.73. The minimum absolute atomic E-state index is 0.268. The van der Waals surface area contributed by atoms with Gasteiger partial charge in [-0.3, -0.25) is 9.78 Å². The van der Waals surface area contributed by atoms with E-state index >= 15 is 0 Å². The molecule has 0 fully saturated rings. The van der Waals surface area contributed by atoms with Crippen molar-refractivity contribution in [2.75, 3.05) is 19.4 Å². The lowest BCUT2D eigenvalue weighted by Gasteiger charge is -2.27. The molecule has 1 amide bonds. The number of anilines is 1. The first-order chi connectivity index (χ1) is 12.1. The molecule has 128 valence electrons. The average molecular weight is 336 g/mol. The Labute approximate surface area is 145 Å².